The van der Waals surface area contributed by atoms with Crippen molar-refractivity contribution in [2.75, 3.05) is 23.8 Å². The highest BCUT2D eigenvalue weighted by atomic mass is 32.2. The first-order valence-corrected chi connectivity index (χ1v) is 7.27. The van der Waals surface area contributed by atoms with Crippen LogP contribution in [0.25, 0.3) is 0 Å². The Labute approximate surface area is 111 Å². The first kappa shape index (κ1) is 13.1. The zero-order chi connectivity index (χ0) is 13.0. The van der Waals surface area contributed by atoms with E-state index in [1.807, 2.05) is 11.8 Å². The van der Waals surface area contributed by atoms with Gasteiger partial charge in [0.25, 0.3) is 5.91 Å². The third-order valence-electron chi connectivity index (χ3n) is 3.20. The maximum atomic E-state index is 11.9. The van der Waals surface area contributed by atoms with E-state index in [1.165, 1.54) is 11.5 Å². The molecule has 0 atom stereocenters. The van der Waals surface area contributed by atoms with E-state index >= 15 is 0 Å². The SMILES string of the molecule is Nc1cccc(C(=O)NCC2CCSCC2)c1O. The number of rotatable bonds is 3. The first-order valence-electron chi connectivity index (χ1n) is 6.12. The van der Waals surface area contributed by atoms with Crippen LogP contribution in [0.3, 0.4) is 0 Å². The summed E-state index contributed by atoms with van der Waals surface area (Å²) in [7, 11) is 0. The van der Waals surface area contributed by atoms with Crippen LogP contribution in [0.2, 0.25) is 0 Å². The molecule has 0 bridgehead atoms. The highest BCUT2D eigenvalue weighted by Gasteiger charge is 2.17. The van der Waals surface area contributed by atoms with E-state index in [0.717, 1.165) is 12.8 Å². The van der Waals surface area contributed by atoms with Crippen LogP contribution >= 0.6 is 11.8 Å². The number of anilines is 1. The molecule has 1 aliphatic heterocycles. The molecular formula is C13H18N2O2S. The molecule has 1 aromatic carbocycles. The summed E-state index contributed by atoms with van der Waals surface area (Å²) in [5, 5.41) is 12.6. The number of para-hydroxylation sites is 1. The fourth-order valence-corrected chi connectivity index (χ4v) is 3.23. The van der Waals surface area contributed by atoms with E-state index in [0.29, 0.717) is 12.5 Å². The molecule has 0 radical (unpaired) electrons. The van der Waals surface area contributed by atoms with E-state index in [2.05, 4.69) is 5.32 Å². The third kappa shape index (κ3) is 3.10. The van der Waals surface area contributed by atoms with Crippen molar-refractivity contribution in [3.05, 3.63) is 23.8 Å². The second kappa shape index (κ2) is 6.00. The van der Waals surface area contributed by atoms with Gasteiger partial charge in [-0.3, -0.25) is 4.79 Å². The number of carbonyl (C=O) groups excluding carboxylic acids is 1. The minimum atomic E-state index is -0.252. The van der Waals surface area contributed by atoms with E-state index in [1.54, 1.807) is 18.2 Å². The van der Waals surface area contributed by atoms with Crippen LogP contribution in [0.4, 0.5) is 5.69 Å². The van der Waals surface area contributed by atoms with Crippen LogP contribution in [-0.4, -0.2) is 29.1 Å². The molecule has 5 heteroatoms. The first-order chi connectivity index (χ1) is 8.68. The lowest BCUT2D eigenvalue weighted by Crippen LogP contribution is -2.31. The van der Waals surface area contributed by atoms with Gasteiger partial charge in [-0.25, -0.2) is 0 Å². The smallest absolute Gasteiger partial charge is 0.255 e. The Morgan fingerprint density at radius 1 is 1.44 bits per heavy atom. The Balaban J connectivity index is 1.93. The van der Waals surface area contributed by atoms with Gasteiger partial charge in [-0.1, -0.05) is 6.07 Å². The summed E-state index contributed by atoms with van der Waals surface area (Å²) in [6.45, 7) is 0.674. The van der Waals surface area contributed by atoms with Crippen molar-refractivity contribution in [2.24, 2.45) is 5.92 Å². The lowest BCUT2D eigenvalue weighted by Gasteiger charge is -2.21. The minimum absolute atomic E-state index is 0.130. The lowest BCUT2D eigenvalue weighted by molar-refractivity contribution is 0.0944. The molecule has 1 saturated heterocycles. The summed E-state index contributed by atoms with van der Waals surface area (Å²) in [5.74, 6) is 2.51. The van der Waals surface area contributed by atoms with Gasteiger partial charge < -0.3 is 16.2 Å². The second-order valence-corrected chi connectivity index (χ2v) is 5.73. The van der Waals surface area contributed by atoms with Crippen LogP contribution in [0.1, 0.15) is 23.2 Å². The largest absolute Gasteiger partial charge is 0.505 e. The predicted molar refractivity (Wildman–Crippen MR) is 74.9 cm³/mol. The molecule has 0 aromatic heterocycles. The van der Waals surface area contributed by atoms with Crippen molar-refractivity contribution in [3.8, 4) is 5.75 Å². The second-order valence-electron chi connectivity index (χ2n) is 4.51. The third-order valence-corrected chi connectivity index (χ3v) is 4.25. The van der Waals surface area contributed by atoms with Crippen molar-refractivity contribution in [1.82, 2.24) is 5.32 Å². The molecule has 1 amide bonds. The molecule has 1 aliphatic rings. The number of carbonyl (C=O) groups is 1. The average Bonchev–Trinajstić information content (AvgIpc) is 2.40. The van der Waals surface area contributed by atoms with Crippen molar-refractivity contribution >= 4 is 23.4 Å². The summed E-state index contributed by atoms with van der Waals surface area (Å²) in [6.07, 6.45) is 2.29. The van der Waals surface area contributed by atoms with Crippen LogP contribution in [0.15, 0.2) is 18.2 Å². The fraction of sp³-hybridized carbons (Fsp3) is 0.462. The molecule has 1 aromatic rings. The van der Waals surface area contributed by atoms with Crippen LogP contribution in [0, 0.1) is 5.92 Å². The topological polar surface area (TPSA) is 75.4 Å². The molecule has 98 valence electrons. The number of hydrogen-bond donors (Lipinski definition) is 3. The number of nitrogen functional groups attached to an aromatic ring is 1. The molecule has 0 aliphatic carbocycles. The number of thioether (sulfide) groups is 1. The summed E-state index contributed by atoms with van der Waals surface area (Å²) >= 11 is 1.96. The molecule has 1 fully saturated rings. The van der Waals surface area contributed by atoms with E-state index in [4.69, 9.17) is 5.73 Å². The molecule has 2 rings (SSSR count). The average molecular weight is 266 g/mol. The number of aromatic hydroxyl groups is 1. The van der Waals surface area contributed by atoms with Crippen molar-refractivity contribution in [3.63, 3.8) is 0 Å². The quantitative estimate of drug-likeness (QED) is 0.576. The molecule has 0 unspecified atom stereocenters. The van der Waals surface area contributed by atoms with E-state index in [-0.39, 0.29) is 22.9 Å². The number of hydrogen-bond acceptors (Lipinski definition) is 4. The molecular weight excluding hydrogens is 248 g/mol. The van der Waals surface area contributed by atoms with Gasteiger partial charge in [-0.2, -0.15) is 11.8 Å². The number of nitrogens with one attached hydrogen (secondary N) is 1. The minimum Gasteiger partial charge on any atom is -0.505 e. The Morgan fingerprint density at radius 2 is 2.17 bits per heavy atom. The van der Waals surface area contributed by atoms with Crippen LogP contribution < -0.4 is 11.1 Å². The van der Waals surface area contributed by atoms with Crippen LogP contribution in [0.5, 0.6) is 5.75 Å². The van der Waals surface area contributed by atoms with E-state index in [9.17, 15) is 9.90 Å². The van der Waals surface area contributed by atoms with Crippen molar-refractivity contribution < 1.29 is 9.90 Å². The standard InChI is InChI=1S/C13H18N2O2S/c14-11-3-1-2-10(12(11)16)13(17)15-8-9-4-6-18-7-5-9/h1-3,9,16H,4-8,14H2,(H,15,17). The molecule has 1 heterocycles. The van der Waals surface area contributed by atoms with Crippen molar-refractivity contribution in [2.45, 2.75) is 12.8 Å². The summed E-state index contributed by atoms with van der Waals surface area (Å²) in [5.41, 5.74) is 6.05. The fourth-order valence-electron chi connectivity index (χ4n) is 2.03. The Kier molecular flexibility index (Phi) is 4.36. The van der Waals surface area contributed by atoms with Gasteiger partial charge in [0, 0.05) is 6.54 Å². The van der Waals surface area contributed by atoms with Gasteiger partial charge in [0.1, 0.15) is 0 Å². The zero-order valence-corrected chi connectivity index (χ0v) is 11.0. The van der Waals surface area contributed by atoms with Gasteiger partial charge in [-0.15, -0.1) is 0 Å². The number of amides is 1. The van der Waals surface area contributed by atoms with Gasteiger partial charge >= 0.3 is 0 Å². The van der Waals surface area contributed by atoms with Crippen LogP contribution in [-0.2, 0) is 0 Å². The Morgan fingerprint density at radius 3 is 2.89 bits per heavy atom. The molecule has 18 heavy (non-hydrogen) atoms. The van der Waals surface area contributed by atoms with Crippen molar-refractivity contribution in [1.29, 1.82) is 0 Å². The van der Waals surface area contributed by atoms with Gasteiger partial charge in [0.05, 0.1) is 11.3 Å². The molecule has 0 saturated carbocycles. The maximum absolute atomic E-state index is 11.9. The van der Waals surface area contributed by atoms with Gasteiger partial charge in [0.2, 0.25) is 0 Å². The summed E-state index contributed by atoms with van der Waals surface area (Å²) < 4.78 is 0. The number of phenolic OH excluding ortho intramolecular Hbond substituents is 1. The monoisotopic (exact) mass is 266 g/mol. The van der Waals surface area contributed by atoms with E-state index < -0.39 is 0 Å². The lowest BCUT2D eigenvalue weighted by atomic mass is 10.0. The number of benzene rings is 1. The summed E-state index contributed by atoms with van der Waals surface area (Å²) in [4.78, 5) is 11.9. The normalized spacial score (nSPS) is 16.4. The van der Waals surface area contributed by atoms with Gasteiger partial charge in [0.15, 0.2) is 5.75 Å². The zero-order valence-electron chi connectivity index (χ0n) is 10.2. The highest BCUT2D eigenvalue weighted by molar-refractivity contribution is 7.99. The summed E-state index contributed by atoms with van der Waals surface area (Å²) in [6, 6.07) is 4.82. The Hall–Kier alpha value is -1.36. The predicted octanol–water partition coefficient (Wildman–Crippen LogP) is 1.85. The molecule has 4 N–H and O–H groups in total. The number of phenols is 1. The van der Waals surface area contributed by atoms with Gasteiger partial charge in [-0.05, 0) is 42.4 Å². The maximum Gasteiger partial charge on any atom is 0.255 e. The molecule has 4 nitrogen and oxygen atoms in total. The highest BCUT2D eigenvalue weighted by Crippen LogP contribution is 2.25. The molecule has 0 spiro atoms. The Bertz CT molecular complexity index is 431. The number of nitrogens with two attached hydrogens (primary N) is 1.